The van der Waals surface area contributed by atoms with Crippen molar-refractivity contribution in [2.75, 3.05) is 0 Å². The van der Waals surface area contributed by atoms with Gasteiger partial charge in [0.1, 0.15) is 6.10 Å². The number of amides is 1. The van der Waals surface area contributed by atoms with E-state index in [0.717, 1.165) is 5.56 Å². The van der Waals surface area contributed by atoms with Gasteiger partial charge in [-0.3, -0.25) is 4.79 Å². The summed E-state index contributed by atoms with van der Waals surface area (Å²) in [7, 11) is 0. The molecule has 1 fully saturated rings. The number of carbonyl (C=O) groups excluding carboxylic acids is 1. The second-order valence-corrected chi connectivity index (χ2v) is 2.79. The summed E-state index contributed by atoms with van der Waals surface area (Å²) in [5.74, 6) is -0.385. The van der Waals surface area contributed by atoms with Gasteiger partial charge in [-0.05, 0) is 5.56 Å². The van der Waals surface area contributed by atoms with Crippen LogP contribution in [0, 0.1) is 0 Å². The van der Waals surface area contributed by atoms with Gasteiger partial charge < -0.3 is 10.5 Å². The van der Waals surface area contributed by atoms with Gasteiger partial charge in [-0.2, -0.15) is 0 Å². The van der Waals surface area contributed by atoms with E-state index in [0.29, 0.717) is 0 Å². The van der Waals surface area contributed by atoms with Gasteiger partial charge in [0.2, 0.25) is 5.91 Å². The third kappa shape index (κ3) is 1.19. The molecule has 3 nitrogen and oxygen atoms in total. The molecular weight excluding hydrogens is 154 g/mol. The van der Waals surface area contributed by atoms with Gasteiger partial charge >= 0.3 is 0 Å². The molecule has 1 saturated heterocycles. The van der Waals surface area contributed by atoms with Crippen molar-refractivity contribution >= 4 is 5.91 Å². The van der Waals surface area contributed by atoms with Crippen LogP contribution in [0.2, 0.25) is 0 Å². The Bertz CT molecular complexity index is 297. The summed E-state index contributed by atoms with van der Waals surface area (Å²) in [4.78, 5) is 10.6. The Balaban J connectivity index is 2.11. The lowest BCUT2D eigenvalue weighted by atomic mass is 10.1. The molecule has 1 amide bonds. The molecule has 62 valence electrons. The summed E-state index contributed by atoms with van der Waals surface area (Å²) in [6.07, 6.45) is -0.518. The molecule has 1 aliphatic heterocycles. The van der Waals surface area contributed by atoms with E-state index in [1.165, 1.54) is 0 Å². The van der Waals surface area contributed by atoms with E-state index in [2.05, 4.69) is 0 Å². The second kappa shape index (κ2) is 2.60. The van der Waals surface area contributed by atoms with Crippen molar-refractivity contribution < 1.29 is 9.53 Å². The molecule has 2 rings (SSSR count). The molecule has 0 saturated carbocycles. The van der Waals surface area contributed by atoms with Crippen LogP contribution in [0.3, 0.4) is 0 Å². The lowest BCUT2D eigenvalue weighted by Crippen LogP contribution is -2.18. The average molecular weight is 163 g/mol. The van der Waals surface area contributed by atoms with E-state index in [-0.39, 0.29) is 12.0 Å². The van der Waals surface area contributed by atoms with Gasteiger partial charge in [0.15, 0.2) is 6.10 Å². The van der Waals surface area contributed by atoms with E-state index in [4.69, 9.17) is 10.5 Å². The van der Waals surface area contributed by atoms with Crippen LogP contribution in [0.4, 0.5) is 0 Å². The number of rotatable bonds is 2. The van der Waals surface area contributed by atoms with Crippen molar-refractivity contribution in [1.82, 2.24) is 0 Å². The third-order valence-corrected chi connectivity index (χ3v) is 1.90. The number of hydrogen-bond acceptors (Lipinski definition) is 2. The third-order valence-electron chi connectivity index (χ3n) is 1.90. The molecule has 12 heavy (non-hydrogen) atoms. The highest BCUT2D eigenvalue weighted by Crippen LogP contribution is 2.37. The molecule has 0 aromatic heterocycles. The normalized spacial score (nSPS) is 26.7. The van der Waals surface area contributed by atoms with Crippen LogP contribution in [-0.4, -0.2) is 12.0 Å². The van der Waals surface area contributed by atoms with Crippen LogP contribution in [0.1, 0.15) is 11.7 Å². The highest BCUT2D eigenvalue weighted by atomic mass is 16.6. The average Bonchev–Trinajstić information content (AvgIpc) is 2.84. The summed E-state index contributed by atoms with van der Waals surface area (Å²) >= 11 is 0. The minimum absolute atomic E-state index is 0.108. The smallest absolute Gasteiger partial charge is 0.249 e. The van der Waals surface area contributed by atoms with Crippen LogP contribution in [0.25, 0.3) is 0 Å². The van der Waals surface area contributed by atoms with Crippen LogP contribution >= 0.6 is 0 Å². The number of nitrogens with two attached hydrogens (primary N) is 1. The molecule has 2 atom stereocenters. The summed E-state index contributed by atoms with van der Waals surface area (Å²) in [5, 5.41) is 0. The first-order chi connectivity index (χ1) is 5.79. The minimum atomic E-state index is -0.410. The molecule has 0 spiro atoms. The molecule has 3 heteroatoms. The zero-order valence-corrected chi connectivity index (χ0v) is 6.44. The van der Waals surface area contributed by atoms with Gasteiger partial charge in [0.05, 0.1) is 0 Å². The number of epoxide rings is 1. The van der Waals surface area contributed by atoms with Crippen molar-refractivity contribution in [2.24, 2.45) is 5.73 Å². The number of benzene rings is 1. The van der Waals surface area contributed by atoms with Crippen LogP contribution in [0.15, 0.2) is 30.3 Å². The highest BCUT2D eigenvalue weighted by molar-refractivity contribution is 5.82. The van der Waals surface area contributed by atoms with Gasteiger partial charge in [0.25, 0.3) is 0 Å². The number of primary amides is 1. The van der Waals surface area contributed by atoms with Crippen molar-refractivity contribution in [2.45, 2.75) is 12.2 Å². The fourth-order valence-corrected chi connectivity index (χ4v) is 1.22. The summed E-state index contributed by atoms with van der Waals surface area (Å²) in [6, 6.07) is 9.59. The maximum Gasteiger partial charge on any atom is 0.249 e. The Morgan fingerprint density at radius 1 is 1.33 bits per heavy atom. The van der Waals surface area contributed by atoms with Gasteiger partial charge in [0, 0.05) is 0 Å². The van der Waals surface area contributed by atoms with Crippen molar-refractivity contribution in [3.05, 3.63) is 35.9 Å². The molecule has 0 unspecified atom stereocenters. The molecule has 0 radical (unpaired) electrons. The predicted molar refractivity (Wildman–Crippen MR) is 43.3 cm³/mol. The maximum atomic E-state index is 10.6. The molecule has 1 aliphatic rings. The number of carbonyl (C=O) groups is 1. The molecular formula is C9H9NO2. The van der Waals surface area contributed by atoms with E-state index < -0.39 is 6.10 Å². The Hall–Kier alpha value is -1.35. The van der Waals surface area contributed by atoms with Crippen LogP contribution in [-0.2, 0) is 9.53 Å². The second-order valence-electron chi connectivity index (χ2n) is 2.79. The lowest BCUT2D eigenvalue weighted by Gasteiger charge is -1.91. The van der Waals surface area contributed by atoms with Gasteiger partial charge in [-0.1, -0.05) is 30.3 Å². The summed E-state index contributed by atoms with van der Waals surface area (Å²) < 4.78 is 5.09. The Morgan fingerprint density at radius 2 is 2.00 bits per heavy atom. The zero-order chi connectivity index (χ0) is 8.55. The van der Waals surface area contributed by atoms with Crippen molar-refractivity contribution in [3.63, 3.8) is 0 Å². The Labute approximate surface area is 70.1 Å². The first kappa shape index (κ1) is 7.31. The molecule has 0 aliphatic carbocycles. The molecule has 1 aromatic rings. The monoisotopic (exact) mass is 163 g/mol. The zero-order valence-electron chi connectivity index (χ0n) is 6.44. The SMILES string of the molecule is NC(=O)[C@H]1O[C@@H]1c1ccccc1. The standard InChI is InChI=1S/C9H9NO2/c10-9(11)8-7(12-8)6-4-2-1-3-5-6/h1-5,7-8H,(H2,10,11)/t7-,8+/m1/s1. The quantitative estimate of drug-likeness (QED) is 0.649. The summed E-state index contributed by atoms with van der Waals surface area (Å²) in [6.45, 7) is 0. The lowest BCUT2D eigenvalue weighted by molar-refractivity contribution is -0.119. The van der Waals surface area contributed by atoms with Crippen LogP contribution in [0.5, 0.6) is 0 Å². The van der Waals surface area contributed by atoms with Gasteiger partial charge in [-0.25, -0.2) is 0 Å². The van der Waals surface area contributed by atoms with Crippen molar-refractivity contribution in [1.29, 1.82) is 0 Å². The predicted octanol–water partition coefficient (Wildman–Crippen LogP) is 0.612. The van der Waals surface area contributed by atoms with E-state index >= 15 is 0 Å². The molecule has 2 N–H and O–H groups in total. The number of ether oxygens (including phenoxy) is 1. The highest BCUT2D eigenvalue weighted by Gasteiger charge is 2.44. The van der Waals surface area contributed by atoms with Crippen molar-refractivity contribution in [3.8, 4) is 0 Å². The Morgan fingerprint density at radius 3 is 2.50 bits per heavy atom. The molecule has 0 bridgehead atoms. The van der Waals surface area contributed by atoms with Crippen LogP contribution < -0.4 is 5.73 Å². The minimum Gasteiger partial charge on any atom is -0.367 e. The topological polar surface area (TPSA) is 55.6 Å². The molecule has 1 aromatic carbocycles. The van der Waals surface area contributed by atoms with E-state index in [1.54, 1.807) is 0 Å². The fraction of sp³-hybridized carbons (Fsp3) is 0.222. The first-order valence-electron chi connectivity index (χ1n) is 3.79. The Kier molecular flexibility index (Phi) is 1.59. The maximum absolute atomic E-state index is 10.6. The molecule has 1 heterocycles. The van der Waals surface area contributed by atoms with E-state index in [1.807, 2.05) is 30.3 Å². The first-order valence-corrected chi connectivity index (χ1v) is 3.79. The largest absolute Gasteiger partial charge is 0.367 e. The fourth-order valence-electron chi connectivity index (χ4n) is 1.22. The number of hydrogen-bond donors (Lipinski definition) is 1. The van der Waals surface area contributed by atoms with E-state index in [9.17, 15) is 4.79 Å². The summed E-state index contributed by atoms with van der Waals surface area (Å²) in [5.41, 5.74) is 6.08. The van der Waals surface area contributed by atoms with Gasteiger partial charge in [-0.15, -0.1) is 0 Å².